The molecule has 3 amide bonds. The molecule has 0 aliphatic heterocycles. The molecule has 0 saturated carbocycles. The van der Waals surface area contributed by atoms with E-state index in [2.05, 4.69) is 16.0 Å². The van der Waals surface area contributed by atoms with Crippen LogP contribution in [0.4, 0.5) is 4.79 Å². The average Bonchev–Trinajstić information content (AvgIpc) is 2.83. The number of benzene rings is 2. The van der Waals surface area contributed by atoms with Crippen LogP contribution >= 0.6 is 15.6 Å². The Bertz CT molecular complexity index is 1150. The Morgan fingerprint density at radius 3 is 1.79 bits per heavy atom. The van der Waals surface area contributed by atoms with Gasteiger partial charge in [-0.1, -0.05) is 36.4 Å². The summed E-state index contributed by atoms with van der Waals surface area (Å²) in [5.41, 5.74) is -0.729. The highest BCUT2D eigenvalue weighted by Crippen LogP contribution is 2.62. The summed E-state index contributed by atoms with van der Waals surface area (Å²) in [5, 5.41) is 6.85. The quantitative estimate of drug-likeness (QED) is 0.188. The molecule has 16 heteroatoms. The lowest BCUT2D eigenvalue weighted by Crippen LogP contribution is -2.43. The summed E-state index contributed by atoms with van der Waals surface area (Å²) in [6.07, 6.45) is -0.789. The van der Waals surface area contributed by atoms with Crippen LogP contribution in [0.3, 0.4) is 0 Å². The standard InChI is InChI=1S/C23H31N3O11P2/c1-23(2,3)34-22(29)26-17-21(28)25-16-20(27)24-14-15-33-38(30,31)37-39(32,35-18-10-6-4-7-11-18)36-19-12-8-5-9-13-19/h4-13H,14-17H2,1-3H3,(H,24,27)(H,25,28)(H,26,29)(H,30,31). The van der Waals surface area contributed by atoms with Crippen molar-refractivity contribution in [2.24, 2.45) is 0 Å². The van der Waals surface area contributed by atoms with Crippen LogP contribution in [-0.4, -0.2) is 54.6 Å². The minimum absolute atomic E-state index is 0.0485. The molecule has 0 fully saturated rings. The van der Waals surface area contributed by atoms with Crippen molar-refractivity contribution in [3.8, 4) is 11.5 Å². The molecule has 214 valence electrons. The fraction of sp³-hybridized carbons (Fsp3) is 0.348. The number of hydrogen-bond acceptors (Lipinski definition) is 10. The molecule has 0 spiro atoms. The molecule has 14 nitrogen and oxygen atoms in total. The molecule has 0 saturated heterocycles. The molecule has 0 heterocycles. The van der Waals surface area contributed by atoms with Crippen LogP contribution in [0, 0.1) is 0 Å². The highest BCUT2D eigenvalue weighted by atomic mass is 31.3. The van der Waals surface area contributed by atoms with Gasteiger partial charge in [-0.2, -0.15) is 4.31 Å². The summed E-state index contributed by atoms with van der Waals surface area (Å²) in [6.45, 7) is 3.36. The van der Waals surface area contributed by atoms with Crippen molar-refractivity contribution in [3.05, 3.63) is 60.7 Å². The predicted octanol–water partition coefficient (Wildman–Crippen LogP) is 3.14. The first kappa shape index (κ1) is 31.8. The predicted molar refractivity (Wildman–Crippen MR) is 139 cm³/mol. The zero-order chi connectivity index (χ0) is 28.9. The lowest BCUT2D eigenvalue weighted by atomic mass is 10.2. The van der Waals surface area contributed by atoms with Crippen molar-refractivity contribution in [1.82, 2.24) is 16.0 Å². The molecule has 0 radical (unpaired) electrons. The summed E-state index contributed by atoms with van der Waals surface area (Å²) in [7, 11) is -9.71. The van der Waals surface area contributed by atoms with Crippen LogP contribution in [0.15, 0.2) is 60.7 Å². The van der Waals surface area contributed by atoms with Crippen molar-refractivity contribution in [3.63, 3.8) is 0 Å². The van der Waals surface area contributed by atoms with Crippen molar-refractivity contribution in [1.29, 1.82) is 0 Å². The lowest BCUT2D eigenvalue weighted by molar-refractivity contribution is -0.125. The summed E-state index contributed by atoms with van der Waals surface area (Å²) in [5.74, 6) is -1.20. The van der Waals surface area contributed by atoms with E-state index in [4.69, 9.17) is 22.6 Å². The number of amides is 3. The molecule has 4 N–H and O–H groups in total. The molecular formula is C23H31N3O11P2. The third-order valence-electron chi connectivity index (χ3n) is 4.04. The number of rotatable bonds is 14. The summed E-state index contributed by atoms with van der Waals surface area (Å²) in [6, 6.07) is 15.4. The minimum Gasteiger partial charge on any atom is -0.444 e. The van der Waals surface area contributed by atoms with E-state index in [1.54, 1.807) is 57.2 Å². The van der Waals surface area contributed by atoms with Gasteiger partial charge < -0.3 is 34.6 Å². The van der Waals surface area contributed by atoms with E-state index in [9.17, 15) is 28.4 Å². The van der Waals surface area contributed by atoms with Gasteiger partial charge in [0.25, 0.3) is 0 Å². The van der Waals surface area contributed by atoms with Gasteiger partial charge in [0.05, 0.1) is 13.2 Å². The van der Waals surface area contributed by atoms with Crippen LogP contribution < -0.4 is 25.0 Å². The van der Waals surface area contributed by atoms with Gasteiger partial charge in [0.15, 0.2) is 0 Å². The van der Waals surface area contributed by atoms with E-state index in [0.29, 0.717) is 0 Å². The van der Waals surface area contributed by atoms with Gasteiger partial charge in [0.1, 0.15) is 23.6 Å². The zero-order valence-corrected chi connectivity index (χ0v) is 23.3. The number of para-hydroxylation sites is 2. The molecule has 2 rings (SSSR count). The van der Waals surface area contributed by atoms with Crippen LogP contribution in [0.2, 0.25) is 0 Å². The Balaban J connectivity index is 1.79. The highest BCUT2D eigenvalue weighted by molar-refractivity contribution is 7.62. The summed E-state index contributed by atoms with van der Waals surface area (Å²) in [4.78, 5) is 45.3. The summed E-state index contributed by atoms with van der Waals surface area (Å²) >= 11 is 0. The maximum Gasteiger partial charge on any atom is 0.596 e. The van der Waals surface area contributed by atoms with Crippen LogP contribution in [0.5, 0.6) is 11.5 Å². The van der Waals surface area contributed by atoms with Gasteiger partial charge in [-0.15, -0.1) is 0 Å². The highest BCUT2D eigenvalue weighted by Gasteiger charge is 2.41. The average molecular weight is 587 g/mol. The molecular weight excluding hydrogens is 556 g/mol. The second-order valence-corrected chi connectivity index (χ2v) is 11.7. The van der Waals surface area contributed by atoms with E-state index < -0.39 is 58.9 Å². The Kier molecular flexibility index (Phi) is 12.0. The van der Waals surface area contributed by atoms with Crippen LogP contribution in [0.25, 0.3) is 0 Å². The first-order chi connectivity index (χ1) is 18.3. The zero-order valence-electron chi connectivity index (χ0n) is 21.5. The second kappa shape index (κ2) is 14.7. The van der Waals surface area contributed by atoms with E-state index in [-0.39, 0.29) is 18.0 Å². The molecule has 1 atom stereocenters. The van der Waals surface area contributed by atoms with E-state index >= 15 is 0 Å². The fourth-order valence-electron chi connectivity index (χ4n) is 2.54. The van der Waals surface area contributed by atoms with E-state index in [0.717, 1.165) is 0 Å². The van der Waals surface area contributed by atoms with Gasteiger partial charge in [-0.3, -0.25) is 14.1 Å². The monoisotopic (exact) mass is 587 g/mol. The Morgan fingerprint density at radius 1 is 0.795 bits per heavy atom. The fourth-order valence-corrected chi connectivity index (χ4v) is 5.13. The minimum atomic E-state index is -5.00. The third-order valence-corrected chi connectivity index (χ3v) is 7.04. The normalized spacial score (nSPS) is 12.9. The van der Waals surface area contributed by atoms with Crippen molar-refractivity contribution < 1.29 is 51.0 Å². The molecule has 0 aromatic heterocycles. The third kappa shape index (κ3) is 13.8. The van der Waals surface area contributed by atoms with Gasteiger partial charge in [-0.05, 0) is 45.0 Å². The number of carbonyl (C=O) groups is 3. The molecule has 0 bridgehead atoms. The SMILES string of the molecule is CC(C)(C)OC(=O)NCC(=O)NCC(=O)NCCOP(=O)(O)OP(=O)(Oc1ccccc1)Oc1ccccc1. The first-order valence-corrected chi connectivity index (χ1v) is 14.5. The van der Waals surface area contributed by atoms with Crippen molar-refractivity contribution in [2.75, 3.05) is 26.2 Å². The maximum atomic E-state index is 13.2. The number of phosphoric ester groups is 2. The largest absolute Gasteiger partial charge is 0.596 e. The molecule has 39 heavy (non-hydrogen) atoms. The number of alkyl carbamates (subject to hydrolysis) is 1. The summed E-state index contributed by atoms with van der Waals surface area (Å²) < 4.78 is 50.7. The smallest absolute Gasteiger partial charge is 0.444 e. The molecule has 0 aliphatic rings. The molecule has 2 aromatic rings. The first-order valence-electron chi connectivity index (χ1n) is 11.5. The number of hydrogen-bond donors (Lipinski definition) is 4. The van der Waals surface area contributed by atoms with Crippen LogP contribution in [0.1, 0.15) is 20.8 Å². The van der Waals surface area contributed by atoms with E-state index in [1.165, 1.54) is 24.3 Å². The van der Waals surface area contributed by atoms with Gasteiger partial charge in [0.2, 0.25) is 11.8 Å². The number of nitrogens with one attached hydrogen (secondary N) is 3. The molecule has 0 aliphatic carbocycles. The Hall–Kier alpha value is -3.41. The molecule has 2 aromatic carbocycles. The van der Waals surface area contributed by atoms with Crippen molar-refractivity contribution >= 4 is 33.6 Å². The molecule has 1 unspecified atom stereocenters. The Morgan fingerprint density at radius 2 is 1.28 bits per heavy atom. The van der Waals surface area contributed by atoms with Gasteiger partial charge in [-0.25, -0.2) is 13.9 Å². The second-order valence-electron chi connectivity index (χ2n) is 8.62. The lowest BCUT2D eigenvalue weighted by Gasteiger charge is -2.21. The maximum absolute atomic E-state index is 13.2. The van der Waals surface area contributed by atoms with Gasteiger partial charge in [0, 0.05) is 6.54 Å². The van der Waals surface area contributed by atoms with Gasteiger partial charge >= 0.3 is 21.7 Å². The topological polar surface area (TPSA) is 188 Å². The van der Waals surface area contributed by atoms with Crippen molar-refractivity contribution in [2.45, 2.75) is 26.4 Å². The Labute approximate surface area is 225 Å². The number of ether oxygens (including phenoxy) is 1. The van der Waals surface area contributed by atoms with Crippen LogP contribution in [-0.2, 0) is 32.3 Å². The number of carbonyl (C=O) groups excluding carboxylic acids is 3. The number of phosphoric acid groups is 2. The van der Waals surface area contributed by atoms with E-state index in [1.807, 2.05) is 0 Å².